The molecule has 2 rings (SSSR count). The van der Waals surface area contributed by atoms with Gasteiger partial charge in [-0.05, 0) is 11.0 Å². The number of rotatable bonds is 6. The topological polar surface area (TPSA) is 65.0 Å². The Kier molecular flexibility index (Phi) is 4.71. The molecular weight excluding hydrogens is 247 g/mol. The maximum atomic E-state index is 12.1. The first-order chi connectivity index (χ1) is 9.15. The Morgan fingerprint density at radius 2 is 2.21 bits per heavy atom. The minimum atomic E-state index is -0.923. The highest BCUT2D eigenvalue weighted by Crippen LogP contribution is 2.14. The molecule has 0 atom stereocenters. The van der Waals surface area contributed by atoms with Crippen molar-refractivity contribution in [2.75, 3.05) is 14.2 Å². The van der Waals surface area contributed by atoms with Crippen LogP contribution in [0.15, 0.2) is 18.2 Å². The van der Waals surface area contributed by atoms with Crippen LogP contribution in [0.5, 0.6) is 0 Å². The molecule has 0 saturated heterocycles. The maximum Gasteiger partial charge on any atom is 0.491 e. The third kappa shape index (κ3) is 3.22. The average Bonchev–Trinajstić information content (AvgIpc) is 2.81. The molecule has 19 heavy (non-hydrogen) atoms. The lowest BCUT2D eigenvalue weighted by Gasteiger charge is -2.12. The number of Topliss-reactive ketones (excluding diaryl/α,β-unsaturated/α-hetero) is 1. The molecule has 1 heterocycles. The smallest absolute Gasteiger partial charge is 0.423 e. The predicted octanol–water partition coefficient (Wildman–Crippen LogP) is 0.486. The molecule has 6 heteroatoms. The molecule has 0 bridgehead atoms. The van der Waals surface area contributed by atoms with E-state index < -0.39 is 7.12 Å². The van der Waals surface area contributed by atoms with Crippen molar-refractivity contribution in [3.8, 4) is 0 Å². The number of benzene rings is 1. The van der Waals surface area contributed by atoms with E-state index in [2.05, 4.69) is 0 Å². The Bertz CT molecular complexity index is 458. The molecule has 1 aliphatic heterocycles. The van der Waals surface area contributed by atoms with Gasteiger partial charge in [0.15, 0.2) is 12.1 Å². The molecule has 0 saturated carbocycles. The van der Waals surface area contributed by atoms with E-state index in [9.17, 15) is 9.82 Å². The molecule has 0 spiro atoms. The summed E-state index contributed by atoms with van der Waals surface area (Å²) in [5.74, 6) is 0.000926. The summed E-state index contributed by atoms with van der Waals surface area (Å²) in [7, 11) is 2.16. The molecule has 5 nitrogen and oxygen atoms in total. The quantitative estimate of drug-likeness (QED) is 0.460. The van der Waals surface area contributed by atoms with Crippen molar-refractivity contribution in [2.45, 2.75) is 25.7 Å². The first-order valence-electron chi connectivity index (χ1n) is 6.17. The largest absolute Gasteiger partial charge is 0.491 e. The lowest BCUT2D eigenvalue weighted by molar-refractivity contribution is -0.105. The molecule has 0 aromatic heterocycles. The van der Waals surface area contributed by atoms with Gasteiger partial charge in [0.2, 0.25) is 0 Å². The molecule has 0 fully saturated rings. The lowest BCUT2D eigenvalue weighted by atomic mass is 9.78. The Hall–Kier alpha value is -1.21. The van der Waals surface area contributed by atoms with E-state index >= 15 is 0 Å². The van der Waals surface area contributed by atoms with Crippen LogP contribution >= 0.6 is 0 Å². The van der Waals surface area contributed by atoms with Crippen molar-refractivity contribution in [1.29, 1.82) is 0 Å². The SMILES string of the molecule is COC(CCC(=O)c1ccc2c(c1)B(O)OC2)OC. The van der Waals surface area contributed by atoms with Crippen molar-refractivity contribution >= 4 is 18.4 Å². The number of carbonyl (C=O) groups excluding carboxylic acids is 1. The van der Waals surface area contributed by atoms with Crippen LogP contribution in [0, 0.1) is 0 Å². The molecule has 1 aliphatic rings. The van der Waals surface area contributed by atoms with Gasteiger partial charge in [0.1, 0.15) is 0 Å². The number of hydrogen-bond donors (Lipinski definition) is 1. The van der Waals surface area contributed by atoms with Crippen LogP contribution in [-0.2, 0) is 20.7 Å². The molecular formula is C13H17BO5. The van der Waals surface area contributed by atoms with Gasteiger partial charge in [0, 0.05) is 32.6 Å². The second-order valence-corrected chi connectivity index (χ2v) is 4.44. The highest BCUT2D eigenvalue weighted by Gasteiger charge is 2.27. The standard InChI is InChI=1S/C13H17BO5/c1-17-13(18-2)6-5-12(15)9-3-4-10-8-19-14(16)11(10)7-9/h3-4,7,13,16H,5-6,8H2,1-2H3. The van der Waals surface area contributed by atoms with Gasteiger partial charge in [-0.25, -0.2) is 0 Å². The zero-order valence-corrected chi connectivity index (χ0v) is 11.1. The Morgan fingerprint density at radius 3 is 2.89 bits per heavy atom. The second-order valence-electron chi connectivity index (χ2n) is 4.44. The summed E-state index contributed by atoms with van der Waals surface area (Å²) < 4.78 is 15.2. The Balaban J connectivity index is 2.02. The summed E-state index contributed by atoms with van der Waals surface area (Å²) in [6, 6.07) is 5.28. The molecule has 0 unspecified atom stereocenters. The number of fused-ring (bicyclic) bond motifs is 1. The number of carbonyl (C=O) groups is 1. The fourth-order valence-corrected chi connectivity index (χ4v) is 2.11. The van der Waals surface area contributed by atoms with Crippen LogP contribution in [0.3, 0.4) is 0 Å². The number of methoxy groups -OCH3 is 2. The monoisotopic (exact) mass is 264 g/mol. The molecule has 0 amide bonds. The van der Waals surface area contributed by atoms with Crippen LogP contribution in [0.2, 0.25) is 0 Å². The third-order valence-electron chi connectivity index (χ3n) is 3.26. The molecule has 102 valence electrons. The van der Waals surface area contributed by atoms with E-state index in [1.807, 2.05) is 6.07 Å². The van der Waals surface area contributed by atoms with Gasteiger partial charge in [0.25, 0.3) is 0 Å². The summed E-state index contributed by atoms with van der Waals surface area (Å²) in [6.45, 7) is 0.389. The highest BCUT2D eigenvalue weighted by molar-refractivity contribution is 6.61. The number of ketones is 1. The Morgan fingerprint density at radius 1 is 1.47 bits per heavy atom. The molecule has 0 aliphatic carbocycles. The van der Waals surface area contributed by atoms with Crippen molar-refractivity contribution in [2.24, 2.45) is 0 Å². The first-order valence-corrected chi connectivity index (χ1v) is 6.17. The van der Waals surface area contributed by atoms with E-state index in [4.69, 9.17) is 14.1 Å². The second kappa shape index (κ2) is 6.30. The summed E-state index contributed by atoms with van der Waals surface area (Å²) >= 11 is 0. The molecule has 0 radical (unpaired) electrons. The number of hydrogen-bond acceptors (Lipinski definition) is 5. The highest BCUT2D eigenvalue weighted by atomic mass is 16.7. The summed E-state index contributed by atoms with van der Waals surface area (Å²) in [4.78, 5) is 12.1. The zero-order valence-electron chi connectivity index (χ0n) is 11.1. The van der Waals surface area contributed by atoms with E-state index in [1.165, 1.54) is 0 Å². The van der Waals surface area contributed by atoms with Crippen LogP contribution < -0.4 is 5.46 Å². The fourth-order valence-electron chi connectivity index (χ4n) is 2.11. The minimum absolute atomic E-state index is 0.000926. The third-order valence-corrected chi connectivity index (χ3v) is 3.26. The van der Waals surface area contributed by atoms with Gasteiger partial charge in [0.05, 0.1) is 6.61 Å². The van der Waals surface area contributed by atoms with E-state index in [0.717, 1.165) is 5.56 Å². The van der Waals surface area contributed by atoms with Gasteiger partial charge in [-0.2, -0.15) is 0 Å². The summed E-state index contributed by atoms with van der Waals surface area (Å²) in [6.07, 6.45) is 0.469. The van der Waals surface area contributed by atoms with Crippen molar-refractivity contribution in [1.82, 2.24) is 0 Å². The van der Waals surface area contributed by atoms with E-state index in [0.29, 0.717) is 30.5 Å². The van der Waals surface area contributed by atoms with E-state index in [1.54, 1.807) is 26.4 Å². The molecule has 1 aromatic carbocycles. The van der Waals surface area contributed by atoms with Gasteiger partial charge in [-0.1, -0.05) is 18.2 Å². The van der Waals surface area contributed by atoms with Gasteiger partial charge in [-0.15, -0.1) is 0 Å². The average molecular weight is 264 g/mol. The molecule has 1 aromatic rings. The van der Waals surface area contributed by atoms with Crippen molar-refractivity contribution in [3.05, 3.63) is 29.3 Å². The maximum absolute atomic E-state index is 12.1. The first kappa shape index (κ1) is 14.2. The number of ether oxygens (including phenoxy) is 2. The van der Waals surface area contributed by atoms with Crippen LogP contribution in [-0.4, -0.2) is 38.4 Å². The Labute approximate surface area is 112 Å². The zero-order chi connectivity index (χ0) is 13.8. The normalized spacial score (nSPS) is 14.0. The van der Waals surface area contributed by atoms with Crippen LogP contribution in [0.4, 0.5) is 0 Å². The fraction of sp³-hybridized carbons (Fsp3) is 0.462. The van der Waals surface area contributed by atoms with Crippen molar-refractivity contribution in [3.63, 3.8) is 0 Å². The van der Waals surface area contributed by atoms with E-state index in [-0.39, 0.29) is 12.1 Å². The predicted molar refractivity (Wildman–Crippen MR) is 70.2 cm³/mol. The van der Waals surface area contributed by atoms with Gasteiger partial charge < -0.3 is 19.2 Å². The van der Waals surface area contributed by atoms with Crippen molar-refractivity contribution < 1.29 is 23.9 Å². The molecule has 1 N–H and O–H groups in total. The summed E-state index contributed by atoms with van der Waals surface area (Å²) in [5, 5.41) is 9.61. The lowest BCUT2D eigenvalue weighted by Crippen LogP contribution is -2.28. The van der Waals surface area contributed by atoms with Crippen LogP contribution in [0.25, 0.3) is 0 Å². The van der Waals surface area contributed by atoms with Crippen LogP contribution in [0.1, 0.15) is 28.8 Å². The summed E-state index contributed by atoms with van der Waals surface area (Å²) in [5.41, 5.74) is 2.19. The van der Waals surface area contributed by atoms with Gasteiger partial charge >= 0.3 is 7.12 Å². The minimum Gasteiger partial charge on any atom is -0.423 e. The van der Waals surface area contributed by atoms with Gasteiger partial charge in [-0.3, -0.25) is 4.79 Å².